The zero-order valence-corrected chi connectivity index (χ0v) is 15.9. The number of carbonyl (C=O) groups is 1. The molecule has 0 bridgehead atoms. The number of anilines is 2. The number of hydrogen-bond acceptors (Lipinski definition) is 3. The highest BCUT2D eigenvalue weighted by Crippen LogP contribution is 2.43. The van der Waals surface area contributed by atoms with Crippen molar-refractivity contribution in [2.45, 2.75) is 24.0 Å². The van der Waals surface area contributed by atoms with Gasteiger partial charge in [0.2, 0.25) is 5.91 Å². The minimum absolute atomic E-state index is 0.0657. The van der Waals surface area contributed by atoms with Gasteiger partial charge in [0, 0.05) is 11.1 Å². The number of halogens is 3. The number of carbonyl (C=O) groups excluding carboxylic acids is 1. The minimum atomic E-state index is -4.55. The first-order valence-corrected chi connectivity index (χ1v) is 10.1. The van der Waals surface area contributed by atoms with Crippen LogP contribution in [-0.4, -0.2) is 20.4 Å². The first-order valence-electron chi connectivity index (χ1n) is 8.65. The van der Waals surface area contributed by atoms with Gasteiger partial charge in [-0.25, -0.2) is 8.42 Å². The Labute approximate surface area is 164 Å². The standard InChI is InChI=1S/C20H15F3N2O3S/c1-12(19(26)24-15-8-4-7-14(11-15)20(21,22)23)25-16-9-2-5-13-6-3-10-17(18(13)16)29(25,27)28/h2-12H,1H3,(H,24,26). The largest absolute Gasteiger partial charge is 0.416 e. The lowest BCUT2D eigenvalue weighted by atomic mass is 10.1. The maximum atomic E-state index is 13.0. The van der Waals surface area contributed by atoms with Crippen LogP contribution in [0.25, 0.3) is 10.8 Å². The number of sulfonamides is 1. The maximum Gasteiger partial charge on any atom is 0.416 e. The Bertz CT molecular complexity index is 1230. The molecule has 0 fully saturated rings. The fraction of sp³-hybridized carbons (Fsp3) is 0.150. The number of benzene rings is 3. The molecule has 4 rings (SSSR count). The van der Waals surface area contributed by atoms with Crippen LogP contribution in [0.1, 0.15) is 12.5 Å². The summed E-state index contributed by atoms with van der Waals surface area (Å²) in [5.74, 6) is -0.738. The molecule has 5 nitrogen and oxygen atoms in total. The van der Waals surface area contributed by atoms with Gasteiger partial charge in [0.05, 0.1) is 16.1 Å². The van der Waals surface area contributed by atoms with Gasteiger partial charge in [-0.1, -0.05) is 30.3 Å². The van der Waals surface area contributed by atoms with Gasteiger partial charge in [-0.15, -0.1) is 0 Å². The highest BCUT2D eigenvalue weighted by Gasteiger charge is 2.41. The van der Waals surface area contributed by atoms with Crippen molar-refractivity contribution in [1.82, 2.24) is 0 Å². The topological polar surface area (TPSA) is 66.5 Å². The van der Waals surface area contributed by atoms with Crippen LogP contribution in [0.15, 0.2) is 65.6 Å². The smallest absolute Gasteiger partial charge is 0.324 e. The number of nitrogens with zero attached hydrogens (tertiary/aromatic N) is 1. The van der Waals surface area contributed by atoms with E-state index in [2.05, 4.69) is 5.32 Å². The molecule has 0 aliphatic carbocycles. The maximum absolute atomic E-state index is 13.0. The fourth-order valence-corrected chi connectivity index (χ4v) is 5.33. The normalized spacial score (nSPS) is 16.1. The van der Waals surface area contributed by atoms with Crippen molar-refractivity contribution < 1.29 is 26.4 Å². The molecule has 1 atom stereocenters. The monoisotopic (exact) mass is 420 g/mol. The van der Waals surface area contributed by atoms with Crippen LogP contribution in [0, 0.1) is 0 Å². The molecular weight excluding hydrogens is 405 g/mol. The molecule has 3 aromatic rings. The highest BCUT2D eigenvalue weighted by molar-refractivity contribution is 7.93. The van der Waals surface area contributed by atoms with Crippen LogP contribution in [0.5, 0.6) is 0 Å². The second kappa shape index (κ2) is 6.48. The van der Waals surface area contributed by atoms with Gasteiger partial charge in [0.25, 0.3) is 10.0 Å². The van der Waals surface area contributed by atoms with E-state index in [9.17, 15) is 26.4 Å². The van der Waals surface area contributed by atoms with Crippen molar-refractivity contribution in [3.05, 3.63) is 66.2 Å². The van der Waals surface area contributed by atoms with Gasteiger partial charge in [-0.05, 0) is 42.6 Å². The average Bonchev–Trinajstić information content (AvgIpc) is 2.89. The molecular formula is C20H15F3N2O3S. The van der Waals surface area contributed by atoms with Crippen LogP contribution in [0.3, 0.4) is 0 Å². The Morgan fingerprint density at radius 3 is 2.38 bits per heavy atom. The third-order valence-electron chi connectivity index (χ3n) is 4.81. The highest BCUT2D eigenvalue weighted by atomic mass is 32.2. The third-order valence-corrected chi connectivity index (χ3v) is 6.73. The summed E-state index contributed by atoms with van der Waals surface area (Å²) in [5.41, 5.74) is -0.609. The molecule has 29 heavy (non-hydrogen) atoms. The quantitative estimate of drug-likeness (QED) is 0.683. The Kier molecular flexibility index (Phi) is 4.30. The van der Waals surface area contributed by atoms with E-state index in [0.717, 1.165) is 21.8 Å². The molecule has 0 saturated carbocycles. The predicted molar refractivity (Wildman–Crippen MR) is 103 cm³/mol. The third kappa shape index (κ3) is 3.11. The number of amides is 1. The van der Waals surface area contributed by atoms with Crippen LogP contribution in [-0.2, 0) is 21.0 Å². The van der Waals surface area contributed by atoms with E-state index in [1.165, 1.54) is 25.1 Å². The van der Waals surface area contributed by atoms with E-state index in [0.29, 0.717) is 11.1 Å². The molecule has 9 heteroatoms. The molecule has 0 radical (unpaired) electrons. The molecule has 1 aliphatic heterocycles. The summed E-state index contributed by atoms with van der Waals surface area (Å²) in [6, 6.07) is 12.9. The van der Waals surface area contributed by atoms with Crippen molar-refractivity contribution in [3.8, 4) is 0 Å². The lowest BCUT2D eigenvalue weighted by molar-refractivity contribution is -0.137. The van der Waals surface area contributed by atoms with Crippen molar-refractivity contribution in [2.24, 2.45) is 0 Å². The van der Waals surface area contributed by atoms with E-state index < -0.39 is 33.7 Å². The molecule has 1 amide bonds. The van der Waals surface area contributed by atoms with Gasteiger partial charge < -0.3 is 5.32 Å². The summed E-state index contributed by atoms with van der Waals surface area (Å²) in [7, 11) is -3.97. The predicted octanol–water partition coefficient (Wildman–Crippen LogP) is 4.39. The Balaban J connectivity index is 1.68. The Morgan fingerprint density at radius 1 is 1.03 bits per heavy atom. The van der Waals surface area contributed by atoms with Crippen LogP contribution in [0.2, 0.25) is 0 Å². The summed E-state index contributed by atoms with van der Waals surface area (Å²) in [4.78, 5) is 12.8. The molecule has 1 N–H and O–H groups in total. The summed E-state index contributed by atoms with van der Waals surface area (Å²) < 4.78 is 65.8. The summed E-state index contributed by atoms with van der Waals surface area (Å²) >= 11 is 0. The molecule has 3 aromatic carbocycles. The van der Waals surface area contributed by atoms with Crippen molar-refractivity contribution in [3.63, 3.8) is 0 Å². The van der Waals surface area contributed by atoms with Crippen molar-refractivity contribution in [2.75, 3.05) is 9.62 Å². The van der Waals surface area contributed by atoms with Gasteiger partial charge in [0.15, 0.2) is 0 Å². The zero-order chi connectivity index (χ0) is 21.0. The number of nitrogens with one attached hydrogen (secondary N) is 1. The van der Waals surface area contributed by atoms with Gasteiger partial charge in [0.1, 0.15) is 6.04 Å². The lowest BCUT2D eigenvalue weighted by Gasteiger charge is -2.25. The SMILES string of the molecule is CC(C(=O)Nc1cccc(C(F)(F)F)c1)N1c2cccc3cccc(c23)S1(=O)=O. The molecule has 0 aromatic heterocycles. The van der Waals surface area contributed by atoms with E-state index in [1.54, 1.807) is 30.3 Å². The zero-order valence-electron chi connectivity index (χ0n) is 15.1. The summed E-state index contributed by atoms with van der Waals surface area (Å²) in [5, 5.41) is 3.62. The number of alkyl halides is 3. The van der Waals surface area contributed by atoms with Crippen LogP contribution < -0.4 is 9.62 Å². The Morgan fingerprint density at radius 2 is 1.69 bits per heavy atom. The fourth-order valence-electron chi connectivity index (χ4n) is 3.46. The van der Waals surface area contributed by atoms with Gasteiger partial charge in [-0.2, -0.15) is 13.2 Å². The van der Waals surface area contributed by atoms with E-state index in [1.807, 2.05) is 0 Å². The second-order valence-electron chi connectivity index (χ2n) is 6.68. The Hall–Kier alpha value is -3.07. The number of rotatable bonds is 3. The molecule has 0 saturated heterocycles. The summed E-state index contributed by atoms with van der Waals surface area (Å²) in [6.07, 6.45) is -4.55. The number of hydrogen-bond donors (Lipinski definition) is 1. The van der Waals surface area contributed by atoms with Crippen molar-refractivity contribution in [1.29, 1.82) is 0 Å². The van der Waals surface area contributed by atoms with E-state index >= 15 is 0 Å². The van der Waals surface area contributed by atoms with E-state index in [-0.39, 0.29) is 10.6 Å². The molecule has 0 spiro atoms. The first-order chi connectivity index (χ1) is 13.6. The molecule has 1 heterocycles. The minimum Gasteiger partial charge on any atom is -0.324 e. The van der Waals surface area contributed by atoms with Crippen LogP contribution >= 0.6 is 0 Å². The first kappa shape index (κ1) is 19.3. The lowest BCUT2D eigenvalue weighted by Crippen LogP contribution is -2.44. The van der Waals surface area contributed by atoms with Gasteiger partial charge >= 0.3 is 6.18 Å². The molecule has 150 valence electrons. The van der Waals surface area contributed by atoms with Gasteiger partial charge in [-0.3, -0.25) is 9.10 Å². The summed E-state index contributed by atoms with van der Waals surface area (Å²) in [6.45, 7) is 1.39. The van der Waals surface area contributed by atoms with E-state index in [4.69, 9.17) is 0 Å². The van der Waals surface area contributed by atoms with Crippen molar-refractivity contribution >= 4 is 38.1 Å². The van der Waals surface area contributed by atoms with Crippen LogP contribution in [0.4, 0.5) is 24.5 Å². The molecule has 1 aliphatic rings. The molecule has 1 unspecified atom stereocenters. The second-order valence-corrected chi connectivity index (χ2v) is 8.46. The average molecular weight is 420 g/mol.